The average Bonchev–Trinajstić information content (AvgIpc) is 3.34. The van der Waals surface area contributed by atoms with Gasteiger partial charge in [-0.15, -0.1) is 0 Å². The molecule has 4 heteroatoms. The molecule has 0 saturated heterocycles. The van der Waals surface area contributed by atoms with E-state index >= 15 is 0 Å². The monoisotopic (exact) mass is 406 g/mol. The van der Waals surface area contributed by atoms with Crippen molar-refractivity contribution in [3.8, 4) is 0 Å². The number of hydrogen-bond donors (Lipinski definition) is 1. The molecule has 4 nitrogen and oxygen atoms in total. The first-order valence-electron chi connectivity index (χ1n) is 10.7. The Balaban J connectivity index is 1.35. The molecule has 154 valence electrons. The Kier molecular flexibility index (Phi) is 4.91. The summed E-state index contributed by atoms with van der Waals surface area (Å²) in [6.45, 7) is 4.28. The molecule has 2 N–H and O–H groups in total. The molecular weight excluding hydrogens is 380 g/mol. The molecule has 5 aromatic rings. The fourth-order valence-electron chi connectivity index (χ4n) is 4.27. The number of aromatic nitrogens is 3. The Hall–Kier alpha value is -3.66. The van der Waals surface area contributed by atoms with Crippen LogP contribution in [-0.4, -0.2) is 14.5 Å². The van der Waals surface area contributed by atoms with Crippen LogP contribution in [0.15, 0.2) is 79.3 Å². The summed E-state index contributed by atoms with van der Waals surface area (Å²) in [4.78, 5) is 9.50. The number of nitrogen functional groups attached to an aromatic ring is 1. The van der Waals surface area contributed by atoms with E-state index in [2.05, 4.69) is 84.3 Å². The number of anilines is 1. The predicted molar refractivity (Wildman–Crippen MR) is 128 cm³/mol. The first-order valence-corrected chi connectivity index (χ1v) is 10.7. The van der Waals surface area contributed by atoms with Crippen LogP contribution in [0.5, 0.6) is 0 Å². The topological polar surface area (TPSA) is 56.7 Å². The first-order chi connectivity index (χ1) is 15.1. The second-order valence-electron chi connectivity index (χ2n) is 8.24. The van der Waals surface area contributed by atoms with Crippen molar-refractivity contribution >= 4 is 27.5 Å². The summed E-state index contributed by atoms with van der Waals surface area (Å²) in [5, 5.41) is 2.07. The molecule has 0 unspecified atom stereocenters. The van der Waals surface area contributed by atoms with Gasteiger partial charge >= 0.3 is 0 Å². The lowest BCUT2D eigenvalue weighted by Gasteiger charge is -2.14. The van der Waals surface area contributed by atoms with E-state index in [1.165, 1.54) is 11.1 Å². The van der Waals surface area contributed by atoms with Crippen molar-refractivity contribution in [2.24, 2.45) is 0 Å². The summed E-state index contributed by atoms with van der Waals surface area (Å²) in [5.74, 6) is 0. The minimum atomic E-state index is 0.338. The molecule has 0 aliphatic rings. The quantitative estimate of drug-likeness (QED) is 0.293. The zero-order chi connectivity index (χ0) is 21.4. The van der Waals surface area contributed by atoms with Crippen LogP contribution in [0.1, 0.15) is 35.3 Å². The van der Waals surface area contributed by atoms with Crippen molar-refractivity contribution in [1.29, 1.82) is 0 Å². The Bertz CT molecular complexity index is 1350. The molecule has 5 rings (SSSR count). The van der Waals surface area contributed by atoms with Crippen LogP contribution >= 0.6 is 0 Å². The SMILES string of the molecule is Cc1ccc(N)c2c1ncc1nc(CCc3ccc([C@H](C)n4cccc4)cc3)ccc12. The number of fused-ring (bicyclic) bond motifs is 3. The summed E-state index contributed by atoms with van der Waals surface area (Å²) in [6, 6.07) is 21.6. The van der Waals surface area contributed by atoms with Crippen molar-refractivity contribution in [3.63, 3.8) is 0 Å². The van der Waals surface area contributed by atoms with Crippen LogP contribution in [-0.2, 0) is 12.8 Å². The predicted octanol–water partition coefficient (Wildman–Crippen LogP) is 5.87. The number of nitrogens with two attached hydrogens (primary N) is 1. The lowest BCUT2D eigenvalue weighted by atomic mass is 10.0. The zero-order valence-electron chi connectivity index (χ0n) is 17.9. The number of nitrogens with zero attached hydrogens (tertiary/aromatic N) is 3. The van der Waals surface area contributed by atoms with E-state index in [-0.39, 0.29) is 0 Å². The molecule has 1 atom stereocenters. The maximum absolute atomic E-state index is 6.26. The van der Waals surface area contributed by atoms with E-state index in [1.807, 2.05) is 18.3 Å². The molecule has 3 aromatic heterocycles. The van der Waals surface area contributed by atoms with E-state index in [0.717, 1.165) is 51.6 Å². The highest BCUT2D eigenvalue weighted by Gasteiger charge is 2.10. The second-order valence-corrected chi connectivity index (χ2v) is 8.24. The molecule has 31 heavy (non-hydrogen) atoms. The average molecular weight is 407 g/mol. The smallest absolute Gasteiger partial charge is 0.0895 e. The third-order valence-corrected chi connectivity index (χ3v) is 6.19. The lowest BCUT2D eigenvalue weighted by Crippen LogP contribution is -2.04. The summed E-state index contributed by atoms with van der Waals surface area (Å²) >= 11 is 0. The van der Waals surface area contributed by atoms with Gasteiger partial charge in [-0.25, -0.2) is 0 Å². The molecule has 0 saturated carbocycles. The van der Waals surface area contributed by atoms with Gasteiger partial charge in [-0.2, -0.15) is 0 Å². The van der Waals surface area contributed by atoms with Gasteiger partial charge < -0.3 is 10.3 Å². The molecule has 2 aromatic carbocycles. The van der Waals surface area contributed by atoms with Gasteiger partial charge in [-0.1, -0.05) is 36.4 Å². The third-order valence-electron chi connectivity index (χ3n) is 6.19. The molecule has 0 spiro atoms. The molecule has 0 radical (unpaired) electrons. The second kappa shape index (κ2) is 7.88. The highest BCUT2D eigenvalue weighted by molar-refractivity contribution is 6.10. The Morgan fingerprint density at radius 1 is 0.935 bits per heavy atom. The molecule has 0 aliphatic carbocycles. The van der Waals surface area contributed by atoms with Crippen LogP contribution in [0.3, 0.4) is 0 Å². The minimum absolute atomic E-state index is 0.338. The Morgan fingerprint density at radius 3 is 2.48 bits per heavy atom. The minimum Gasteiger partial charge on any atom is -0.398 e. The van der Waals surface area contributed by atoms with Crippen molar-refractivity contribution in [3.05, 3.63) is 102 Å². The van der Waals surface area contributed by atoms with Crippen LogP contribution < -0.4 is 5.73 Å². The van der Waals surface area contributed by atoms with Crippen molar-refractivity contribution < 1.29 is 0 Å². The fraction of sp³-hybridized carbons (Fsp3) is 0.185. The molecule has 0 bridgehead atoms. The van der Waals surface area contributed by atoms with Crippen molar-refractivity contribution in [2.75, 3.05) is 5.73 Å². The van der Waals surface area contributed by atoms with E-state index in [0.29, 0.717) is 6.04 Å². The van der Waals surface area contributed by atoms with Gasteiger partial charge in [0, 0.05) is 34.5 Å². The van der Waals surface area contributed by atoms with Crippen LogP contribution in [0.25, 0.3) is 21.8 Å². The van der Waals surface area contributed by atoms with E-state index in [4.69, 9.17) is 10.7 Å². The van der Waals surface area contributed by atoms with Gasteiger partial charge in [0.05, 0.1) is 23.3 Å². The van der Waals surface area contributed by atoms with E-state index in [9.17, 15) is 0 Å². The molecule has 0 fully saturated rings. The molecule has 3 heterocycles. The van der Waals surface area contributed by atoms with Gasteiger partial charge in [0.1, 0.15) is 0 Å². The van der Waals surface area contributed by atoms with Crippen LogP contribution in [0, 0.1) is 6.92 Å². The highest BCUT2D eigenvalue weighted by atomic mass is 15.0. The number of aryl methyl sites for hydroxylation is 3. The largest absolute Gasteiger partial charge is 0.398 e. The fourth-order valence-corrected chi connectivity index (χ4v) is 4.27. The van der Waals surface area contributed by atoms with Gasteiger partial charge in [0.15, 0.2) is 0 Å². The number of pyridine rings is 2. The van der Waals surface area contributed by atoms with E-state index < -0.39 is 0 Å². The van der Waals surface area contributed by atoms with Crippen molar-refractivity contribution in [2.45, 2.75) is 32.7 Å². The van der Waals surface area contributed by atoms with Crippen molar-refractivity contribution in [1.82, 2.24) is 14.5 Å². The third kappa shape index (κ3) is 3.66. The molecular formula is C27H26N4. The summed E-state index contributed by atoms with van der Waals surface area (Å²) in [5.41, 5.74) is 13.7. The highest BCUT2D eigenvalue weighted by Crippen LogP contribution is 2.29. The Morgan fingerprint density at radius 2 is 1.71 bits per heavy atom. The number of benzene rings is 2. The van der Waals surface area contributed by atoms with Crippen LogP contribution in [0.2, 0.25) is 0 Å². The molecule has 0 amide bonds. The Labute approximate surface area is 182 Å². The van der Waals surface area contributed by atoms with Gasteiger partial charge in [0.25, 0.3) is 0 Å². The molecule has 0 aliphatic heterocycles. The zero-order valence-corrected chi connectivity index (χ0v) is 17.9. The number of hydrogen-bond acceptors (Lipinski definition) is 3. The first kappa shape index (κ1) is 19.3. The maximum Gasteiger partial charge on any atom is 0.0895 e. The summed E-state index contributed by atoms with van der Waals surface area (Å²) in [7, 11) is 0. The van der Waals surface area contributed by atoms with Gasteiger partial charge in [-0.3, -0.25) is 9.97 Å². The van der Waals surface area contributed by atoms with Gasteiger partial charge in [0.2, 0.25) is 0 Å². The lowest BCUT2D eigenvalue weighted by molar-refractivity contribution is 0.643. The normalized spacial score (nSPS) is 12.5. The van der Waals surface area contributed by atoms with Gasteiger partial charge in [-0.05, 0) is 67.6 Å². The maximum atomic E-state index is 6.26. The standard InChI is InChI=1S/C27H26N4/c1-18-5-14-24(28)26-23-13-12-22(30-25(23)17-29-27(18)26)11-8-20-6-9-21(10-7-20)19(2)31-15-3-4-16-31/h3-7,9-10,12-17,19H,8,11,28H2,1-2H3/t19-/m0/s1. The number of rotatable bonds is 5. The summed E-state index contributed by atoms with van der Waals surface area (Å²) in [6.07, 6.45) is 7.93. The summed E-state index contributed by atoms with van der Waals surface area (Å²) < 4.78 is 2.22. The van der Waals surface area contributed by atoms with E-state index in [1.54, 1.807) is 0 Å². The van der Waals surface area contributed by atoms with Crippen LogP contribution in [0.4, 0.5) is 5.69 Å².